The molecule has 1 N–H and O–H groups in total. The van der Waals surface area contributed by atoms with Gasteiger partial charge in [-0.1, -0.05) is 6.07 Å². The van der Waals surface area contributed by atoms with Crippen molar-refractivity contribution < 1.29 is 33.0 Å². The van der Waals surface area contributed by atoms with Crippen LogP contribution in [0.3, 0.4) is 0 Å². The maximum atomic E-state index is 13.3. The third-order valence-electron chi connectivity index (χ3n) is 4.38. The molecule has 2 heterocycles. The van der Waals surface area contributed by atoms with Gasteiger partial charge in [-0.05, 0) is 49.0 Å². The molecular formula is C21H17FN2O6S. The summed E-state index contributed by atoms with van der Waals surface area (Å²) in [7, 11) is 0. The van der Waals surface area contributed by atoms with Gasteiger partial charge in [-0.2, -0.15) is 0 Å². The average molecular weight is 444 g/mol. The number of benzene rings is 2. The Morgan fingerprint density at radius 3 is 2.77 bits per heavy atom. The van der Waals surface area contributed by atoms with E-state index in [1.165, 1.54) is 24.3 Å². The van der Waals surface area contributed by atoms with E-state index in [2.05, 4.69) is 5.32 Å². The monoisotopic (exact) mass is 444 g/mol. The summed E-state index contributed by atoms with van der Waals surface area (Å²) in [6.07, 6.45) is 1.52. The number of hydrogen-bond donors (Lipinski definition) is 1. The zero-order chi connectivity index (χ0) is 22.0. The van der Waals surface area contributed by atoms with E-state index < -0.39 is 29.4 Å². The Balaban J connectivity index is 1.52. The van der Waals surface area contributed by atoms with Gasteiger partial charge in [-0.15, -0.1) is 0 Å². The first-order chi connectivity index (χ1) is 14.9. The zero-order valence-electron chi connectivity index (χ0n) is 16.3. The number of nitrogens with one attached hydrogen (secondary N) is 1. The van der Waals surface area contributed by atoms with Crippen LogP contribution in [0.4, 0.5) is 14.9 Å². The lowest BCUT2D eigenvalue weighted by Crippen LogP contribution is -2.36. The van der Waals surface area contributed by atoms with Crippen LogP contribution in [-0.4, -0.2) is 41.9 Å². The Labute approximate surface area is 180 Å². The van der Waals surface area contributed by atoms with E-state index in [0.717, 1.165) is 22.7 Å². The van der Waals surface area contributed by atoms with E-state index in [0.29, 0.717) is 29.4 Å². The fourth-order valence-electron chi connectivity index (χ4n) is 3.02. The van der Waals surface area contributed by atoms with Gasteiger partial charge in [0.05, 0.1) is 11.5 Å². The van der Waals surface area contributed by atoms with Crippen molar-refractivity contribution in [1.29, 1.82) is 0 Å². The van der Waals surface area contributed by atoms with Crippen LogP contribution in [0.2, 0.25) is 0 Å². The first-order valence-corrected chi connectivity index (χ1v) is 10.1. The summed E-state index contributed by atoms with van der Waals surface area (Å²) >= 11 is 0.718. The highest BCUT2D eigenvalue weighted by atomic mass is 32.2. The van der Waals surface area contributed by atoms with Gasteiger partial charge in [0.15, 0.2) is 11.5 Å². The molecule has 0 aromatic heterocycles. The van der Waals surface area contributed by atoms with Crippen LogP contribution >= 0.6 is 11.8 Å². The largest absolute Gasteiger partial charge is 0.493 e. The molecule has 1 fully saturated rings. The second-order valence-corrected chi connectivity index (χ2v) is 7.50. The first kappa shape index (κ1) is 20.7. The van der Waals surface area contributed by atoms with Crippen LogP contribution < -0.4 is 19.5 Å². The summed E-state index contributed by atoms with van der Waals surface area (Å²) in [6.45, 7) is 1.81. The number of carbonyl (C=O) groups excluding carboxylic acids is 3. The second kappa shape index (κ2) is 8.68. The maximum Gasteiger partial charge on any atom is 0.294 e. The number of amides is 3. The van der Waals surface area contributed by atoms with E-state index in [9.17, 15) is 18.8 Å². The molecular weight excluding hydrogens is 427 g/mol. The number of hydrogen-bond acceptors (Lipinski definition) is 7. The van der Waals surface area contributed by atoms with Crippen LogP contribution in [0.25, 0.3) is 6.08 Å². The number of ether oxygens (including phenoxy) is 3. The molecule has 2 aromatic carbocycles. The standard InChI is InChI=1S/C21H17FN2O6S/c1-2-28-15-9-17-16(29-11-30-17)6-12(15)7-18-20(26)24(21(27)31-18)10-19(25)23-14-5-3-4-13(22)8-14/h3-9H,2,10-11H2,1H3,(H,23,25)/b18-7+. The Morgan fingerprint density at radius 1 is 1.26 bits per heavy atom. The fourth-order valence-corrected chi connectivity index (χ4v) is 3.85. The van der Waals surface area contributed by atoms with E-state index in [4.69, 9.17) is 14.2 Å². The molecule has 2 aromatic rings. The molecule has 2 aliphatic rings. The van der Waals surface area contributed by atoms with Crippen LogP contribution in [-0.2, 0) is 9.59 Å². The number of carbonyl (C=O) groups is 3. The maximum absolute atomic E-state index is 13.3. The SMILES string of the molecule is CCOc1cc2c(cc1/C=C1/SC(=O)N(CC(=O)Nc3cccc(F)c3)C1=O)OCO2. The van der Waals surface area contributed by atoms with Gasteiger partial charge in [-0.3, -0.25) is 19.3 Å². The van der Waals surface area contributed by atoms with Crippen molar-refractivity contribution in [3.8, 4) is 17.2 Å². The number of thioether (sulfide) groups is 1. The van der Waals surface area contributed by atoms with Gasteiger partial charge in [0.2, 0.25) is 12.7 Å². The molecule has 0 unspecified atom stereocenters. The molecule has 0 spiro atoms. The van der Waals surface area contributed by atoms with E-state index in [1.807, 2.05) is 6.92 Å². The topological polar surface area (TPSA) is 94.2 Å². The molecule has 3 amide bonds. The van der Waals surface area contributed by atoms with Crippen molar-refractivity contribution in [2.75, 3.05) is 25.3 Å². The van der Waals surface area contributed by atoms with Gasteiger partial charge < -0.3 is 19.5 Å². The number of nitrogens with zero attached hydrogens (tertiary/aromatic N) is 1. The normalized spacial score (nSPS) is 16.2. The molecule has 4 rings (SSSR count). The van der Waals surface area contributed by atoms with Crippen molar-refractivity contribution in [3.63, 3.8) is 0 Å². The smallest absolute Gasteiger partial charge is 0.294 e. The van der Waals surface area contributed by atoms with Crippen molar-refractivity contribution in [2.24, 2.45) is 0 Å². The van der Waals surface area contributed by atoms with Gasteiger partial charge in [0, 0.05) is 17.3 Å². The summed E-state index contributed by atoms with van der Waals surface area (Å²) in [5, 5.41) is 1.89. The van der Waals surface area contributed by atoms with Crippen molar-refractivity contribution in [3.05, 3.63) is 52.7 Å². The van der Waals surface area contributed by atoms with Crippen molar-refractivity contribution in [1.82, 2.24) is 4.90 Å². The Hall–Kier alpha value is -3.53. The number of fused-ring (bicyclic) bond motifs is 1. The van der Waals surface area contributed by atoms with Gasteiger partial charge in [0.25, 0.3) is 11.1 Å². The van der Waals surface area contributed by atoms with Crippen LogP contribution in [0.5, 0.6) is 17.2 Å². The van der Waals surface area contributed by atoms with Gasteiger partial charge in [0.1, 0.15) is 18.1 Å². The zero-order valence-corrected chi connectivity index (χ0v) is 17.2. The molecule has 8 nitrogen and oxygen atoms in total. The highest BCUT2D eigenvalue weighted by Gasteiger charge is 2.36. The fraction of sp³-hybridized carbons (Fsp3) is 0.190. The predicted molar refractivity (Wildman–Crippen MR) is 111 cm³/mol. The molecule has 0 atom stereocenters. The summed E-state index contributed by atoms with van der Waals surface area (Å²) in [5.41, 5.74) is 0.773. The first-order valence-electron chi connectivity index (χ1n) is 9.32. The van der Waals surface area contributed by atoms with E-state index >= 15 is 0 Å². The minimum Gasteiger partial charge on any atom is -0.493 e. The van der Waals surface area contributed by atoms with Crippen LogP contribution in [0, 0.1) is 5.82 Å². The van der Waals surface area contributed by atoms with Gasteiger partial charge >= 0.3 is 0 Å². The lowest BCUT2D eigenvalue weighted by molar-refractivity contribution is -0.127. The van der Waals surface area contributed by atoms with Crippen LogP contribution in [0.15, 0.2) is 41.3 Å². The molecule has 0 radical (unpaired) electrons. The van der Waals surface area contributed by atoms with E-state index in [1.54, 1.807) is 12.1 Å². The molecule has 0 aliphatic carbocycles. The van der Waals surface area contributed by atoms with Crippen molar-refractivity contribution >= 4 is 40.6 Å². The Morgan fingerprint density at radius 2 is 2.03 bits per heavy atom. The summed E-state index contributed by atoms with van der Waals surface area (Å²) in [5.74, 6) is -0.231. The quantitative estimate of drug-likeness (QED) is 0.680. The number of imide groups is 1. The minimum absolute atomic E-state index is 0.0846. The molecule has 31 heavy (non-hydrogen) atoms. The lowest BCUT2D eigenvalue weighted by Gasteiger charge is -2.12. The summed E-state index contributed by atoms with van der Waals surface area (Å²) < 4.78 is 29.6. The summed E-state index contributed by atoms with van der Waals surface area (Å²) in [4.78, 5) is 38.3. The number of anilines is 1. The van der Waals surface area contributed by atoms with E-state index in [-0.39, 0.29) is 17.4 Å². The number of halogens is 1. The predicted octanol–water partition coefficient (Wildman–Crippen LogP) is 3.63. The molecule has 0 saturated carbocycles. The second-order valence-electron chi connectivity index (χ2n) is 6.50. The highest BCUT2D eigenvalue weighted by molar-refractivity contribution is 8.18. The Kier molecular flexibility index (Phi) is 5.81. The van der Waals surface area contributed by atoms with Gasteiger partial charge in [-0.25, -0.2) is 4.39 Å². The molecule has 0 bridgehead atoms. The minimum atomic E-state index is -0.618. The third kappa shape index (κ3) is 4.48. The lowest BCUT2D eigenvalue weighted by atomic mass is 10.1. The summed E-state index contributed by atoms with van der Waals surface area (Å²) in [6, 6.07) is 8.65. The molecule has 1 saturated heterocycles. The number of rotatable bonds is 6. The average Bonchev–Trinajstić information content (AvgIpc) is 3.28. The highest BCUT2D eigenvalue weighted by Crippen LogP contribution is 2.41. The molecule has 2 aliphatic heterocycles. The molecule has 160 valence electrons. The third-order valence-corrected chi connectivity index (χ3v) is 5.28. The Bertz CT molecular complexity index is 1100. The molecule has 10 heteroatoms. The van der Waals surface area contributed by atoms with Crippen molar-refractivity contribution in [2.45, 2.75) is 6.92 Å². The van der Waals surface area contributed by atoms with Crippen LogP contribution in [0.1, 0.15) is 12.5 Å².